The van der Waals surface area contributed by atoms with Crippen molar-refractivity contribution in [2.24, 2.45) is 5.92 Å². The molecule has 26 heavy (non-hydrogen) atoms. The largest absolute Gasteiger partial charge is 0.331 e. The molecule has 4 nitrogen and oxygen atoms in total. The molecule has 1 saturated carbocycles. The van der Waals surface area contributed by atoms with Gasteiger partial charge in [0.25, 0.3) is 0 Å². The first kappa shape index (κ1) is 19.3. The smallest absolute Gasteiger partial charge is 0.324 e. The van der Waals surface area contributed by atoms with Crippen LogP contribution in [0.25, 0.3) is 0 Å². The first-order chi connectivity index (χ1) is 12.6. The second kappa shape index (κ2) is 8.94. The summed E-state index contributed by atoms with van der Waals surface area (Å²) in [6, 6.07) is 9.70. The highest BCUT2D eigenvalue weighted by Gasteiger charge is 2.48. The van der Waals surface area contributed by atoms with Crippen LogP contribution in [-0.2, 0) is 4.79 Å². The Morgan fingerprint density at radius 3 is 2.58 bits per heavy atom. The topological polar surface area (TPSA) is 49.4 Å². The summed E-state index contributed by atoms with van der Waals surface area (Å²) in [4.78, 5) is 26.6. The molecule has 3 rings (SSSR count). The maximum atomic E-state index is 12.8. The molecule has 1 aliphatic carbocycles. The average Bonchev–Trinajstić information content (AvgIpc) is 2.69. The van der Waals surface area contributed by atoms with Gasteiger partial charge in [0, 0.05) is 11.0 Å². The zero-order valence-corrected chi connectivity index (χ0v) is 16.6. The number of carbonyl (C=O) groups is 2. The Hall–Kier alpha value is -1.49. The molecule has 1 heterocycles. The summed E-state index contributed by atoms with van der Waals surface area (Å²) in [5, 5.41) is 3.76. The predicted octanol–water partition coefficient (Wildman–Crippen LogP) is 4.76. The number of β-lactam (4-membered cyclic amide) rings is 1. The number of thioether (sulfide) groups is 1. The molecule has 0 radical (unpaired) electrons. The van der Waals surface area contributed by atoms with E-state index in [0.29, 0.717) is 5.25 Å². The van der Waals surface area contributed by atoms with Gasteiger partial charge in [0.2, 0.25) is 5.91 Å². The first-order valence-electron chi connectivity index (χ1n) is 9.92. The Morgan fingerprint density at radius 2 is 1.92 bits per heavy atom. The standard InChI is InChI=1S/C21H30N2O2S/c1-3-18(16-10-6-4-7-11-16)22-21(25)23-19(15(2)20(23)24)14-26-17-12-8-5-9-13-17/h4,6-7,10-11,15,17-19H,3,5,8-9,12-14H2,1-2H3,(H,22,25)/t15?,18-,19?/m1/s1. The lowest BCUT2D eigenvalue weighted by Gasteiger charge is -2.44. The number of hydrogen-bond acceptors (Lipinski definition) is 3. The second-order valence-electron chi connectivity index (χ2n) is 7.48. The van der Waals surface area contributed by atoms with E-state index in [4.69, 9.17) is 0 Å². The summed E-state index contributed by atoms with van der Waals surface area (Å²) in [5.74, 6) is 0.779. The molecule has 142 valence electrons. The molecule has 2 unspecified atom stereocenters. The SMILES string of the molecule is CC[C@@H](NC(=O)N1C(=O)C(C)C1CSC1CCCCC1)c1ccccc1. The van der Waals surface area contributed by atoms with Crippen LogP contribution >= 0.6 is 11.8 Å². The minimum Gasteiger partial charge on any atom is -0.331 e. The Labute approximate surface area is 161 Å². The van der Waals surface area contributed by atoms with Crippen molar-refractivity contribution >= 4 is 23.7 Å². The second-order valence-corrected chi connectivity index (χ2v) is 8.81. The number of likely N-dealkylation sites (tertiary alicyclic amines) is 1. The fourth-order valence-electron chi connectivity index (χ4n) is 3.95. The third-order valence-corrected chi connectivity index (χ3v) is 7.19. The zero-order chi connectivity index (χ0) is 18.5. The molecule has 2 fully saturated rings. The molecule has 1 aromatic carbocycles. The number of carbonyl (C=O) groups excluding carboxylic acids is 2. The fourth-order valence-corrected chi connectivity index (χ4v) is 5.52. The molecule has 5 heteroatoms. The van der Waals surface area contributed by atoms with Crippen LogP contribution in [0, 0.1) is 5.92 Å². The fraction of sp³-hybridized carbons (Fsp3) is 0.619. The van der Waals surface area contributed by atoms with Gasteiger partial charge in [-0.2, -0.15) is 11.8 Å². The maximum absolute atomic E-state index is 12.8. The summed E-state index contributed by atoms with van der Waals surface area (Å²) >= 11 is 1.96. The van der Waals surface area contributed by atoms with Gasteiger partial charge in [0.05, 0.1) is 18.0 Å². The average molecular weight is 375 g/mol. The Bertz CT molecular complexity index is 616. The highest BCUT2D eigenvalue weighted by Crippen LogP contribution is 2.34. The summed E-state index contributed by atoms with van der Waals surface area (Å²) in [6.07, 6.45) is 7.33. The van der Waals surface area contributed by atoms with Crippen molar-refractivity contribution in [1.82, 2.24) is 10.2 Å². The molecule has 3 atom stereocenters. The van der Waals surface area contributed by atoms with Gasteiger partial charge in [-0.1, -0.05) is 63.4 Å². The highest BCUT2D eigenvalue weighted by atomic mass is 32.2. The number of hydrogen-bond donors (Lipinski definition) is 1. The Kier molecular flexibility index (Phi) is 6.63. The lowest BCUT2D eigenvalue weighted by atomic mass is 9.91. The van der Waals surface area contributed by atoms with Crippen LogP contribution in [0.3, 0.4) is 0 Å². The maximum Gasteiger partial charge on any atom is 0.324 e. The molecule has 0 aromatic heterocycles. The van der Waals surface area contributed by atoms with Gasteiger partial charge in [-0.25, -0.2) is 4.79 Å². The van der Waals surface area contributed by atoms with Crippen LogP contribution in [0.2, 0.25) is 0 Å². The van der Waals surface area contributed by atoms with Crippen molar-refractivity contribution in [3.8, 4) is 0 Å². The van der Waals surface area contributed by atoms with E-state index in [1.807, 2.05) is 49.0 Å². The molecular weight excluding hydrogens is 344 g/mol. The van der Waals surface area contributed by atoms with E-state index < -0.39 is 0 Å². The van der Waals surface area contributed by atoms with Gasteiger partial charge in [-0.15, -0.1) is 0 Å². The predicted molar refractivity (Wildman–Crippen MR) is 107 cm³/mol. The zero-order valence-electron chi connectivity index (χ0n) is 15.8. The molecule has 1 saturated heterocycles. The lowest BCUT2D eigenvalue weighted by molar-refractivity contribution is -0.147. The van der Waals surface area contributed by atoms with Gasteiger partial charge in [-0.3, -0.25) is 9.69 Å². The first-order valence-corrected chi connectivity index (χ1v) is 11.0. The Morgan fingerprint density at radius 1 is 1.23 bits per heavy atom. The quantitative estimate of drug-likeness (QED) is 0.730. The minimum absolute atomic E-state index is 0.0303. The summed E-state index contributed by atoms with van der Waals surface area (Å²) in [6.45, 7) is 4.00. The van der Waals surface area contributed by atoms with Gasteiger partial charge in [0.1, 0.15) is 0 Å². The van der Waals surface area contributed by atoms with Crippen LogP contribution < -0.4 is 5.32 Å². The third kappa shape index (κ3) is 4.25. The van der Waals surface area contributed by atoms with Gasteiger partial charge in [0.15, 0.2) is 0 Å². The number of nitrogens with zero attached hydrogens (tertiary/aromatic N) is 1. The van der Waals surface area contributed by atoms with Crippen molar-refractivity contribution in [2.45, 2.75) is 69.7 Å². The molecule has 3 amide bonds. The van der Waals surface area contributed by atoms with Crippen LogP contribution in [0.1, 0.15) is 64.0 Å². The number of urea groups is 1. The monoisotopic (exact) mass is 374 g/mol. The Balaban J connectivity index is 1.58. The third-order valence-electron chi connectivity index (χ3n) is 5.72. The van der Waals surface area contributed by atoms with Gasteiger partial charge >= 0.3 is 6.03 Å². The van der Waals surface area contributed by atoms with E-state index in [0.717, 1.165) is 17.7 Å². The van der Waals surface area contributed by atoms with E-state index in [1.54, 1.807) is 0 Å². The van der Waals surface area contributed by atoms with Crippen LogP contribution in [0.5, 0.6) is 0 Å². The van der Waals surface area contributed by atoms with Crippen LogP contribution in [0.15, 0.2) is 30.3 Å². The van der Waals surface area contributed by atoms with E-state index in [9.17, 15) is 9.59 Å². The van der Waals surface area contributed by atoms with Crippen molar-refractivity contribution < 1.29 is 9.59 Å². The van der Waals surface area contributed by atoms with E-state index in [1.165, 1.54) is 37.0 Å². The lowest BCUT2D eigenvalue weighted by Crippen LogP contribution is -2.65. The molecule has 1 aromatic rings. The normalized spacial score (nSPS) is 24.8. The summed E-state index contributed by atoms with van der Waals surface area (Å²) < 4.78 is 0. The highest BCUT2D eigenvalue weighted by molar-refractivity contribution is 7.99. The van der Waals surface area contributed by atoms with E-state index >= 15 is 0 Å². The number of rotatable bonds is 6. The molecular formula is C21H30N2O2S. The number of amides is 3. The summed E-state index contributed by atoms with van der Waals surface area (Å²) in [5.41, 5.74) is 1.08. The van der Waals surface area contributed by atoms with Crippen molar-refractivity contribution in [3.63, 3.8) is 0 Å². The van der Waals surface area contributed by atoms with Crippen LogP contribution in [0.4, 0.5) is 4.79 Å². The van der Waals surface area contributed by atoms with Crippen molar-refractivity contribution in [1.29, 1.82) is 0 Å². The number of benzene rings is 1. The molecule has 1 N–H and O–H groups in total. The minimum atomic E-state index is -0.238. The summed E-state index contributed by atoms with van der Waals surface area (Å²) in [7, 11) is 0. The van der Waals surface area contributed by atoms with Gasteiger partial charge < -0.3 is 5.32 Å². The number of imide groups is 1. The van der Waals surface area contributed by atoms with E-state index in [2.05, 4.69) is 12.2 Å². The molecule has 0 spiro atoms. The molecule has 1 aliphatic heterocycles. The van der Waals surface area contributed by atoms with Crippen molar-refractivity contribution in [2.75, 3.05) is 5.75 Å². The van der Waals surface area contributed by atoms with Crippen molar-refractivity contribution in [3.05, 3.63) is 35.9 Å². The van der Waals surface area contributed by atoms with E-state index in [-0.39, 0.29) is 29.9 Å². The number of nitrogens with one attached hydrogen (secondary N) is 1. The molecule has 2 aliphatic rings. The molecule has 0 bridgehead atoms. The van der Waals surface area contributed by atoms with Crippen LogP contribution in [-0.4, -0.2) is 33.9 Å². The van der Waals surface area contributed by atoms with Gasteiger partial charge in [-0.05, 0) is 24.8 Å².